The van der Waals surface area contributed by atoms with Crippen LogP contribution in [-0.2, 0) is 6.54 Å². The molecule has 0 saturated carbocycles. The molecule has 0 saturated heterocycles. The van der Waals surface area contributed by atoms with E-state index >= 15 is 0 Å². The minimum atomic E-state index is -0.614. The van der Waals surface area contributed by atoms with Gasteiger partial charge in [-0.05, 0) is 18.2 Å². The Morgan fingerprint density at radius 2 is 1.87 bits per heavy atom. The van der Waals surface area contributed by atoms with Crippen molar-refractivity contribution in [3.8, 4) is 11.5 Å². The predicted octanol–water partition coefficient (Wildman–Crippen LogP) is 3.23. The molecule has 1 amide bonds. The second-order valence-corrected chi connectivity index (χ2v) is 4.75. The van der Waals surface area contributed by atoms with Crippen LogP contribution in [0.15, 0.2) is 48.5 Å². The summed E-state index contributed by atoms with van der Waals surface area (Å²) in [6.45, 7) is -0.00794. The molecule has 23 heavy (non-hydrogen) atoms. The fraction of sp³-hybridized carbons (Fsp3) is 0.188. The van der Waals surface area contributed by atoms with Crippen molar-refractivity contribution in [3.63, 3.8) is 0 Å². The minimum absolute atomic E-state index is 0.00794. The largest absolute Gasteiger partial charge is 0.496 e. The zero-order valence-corrected chi connectivity index (χ0v) is 12.8. The molecule has 0 spiro atoms. The molecule has 0 atom stereocenters. The first-order chi connectivity index (χ1) is 11.0. The molecular formula is C16H16N2O5. The molecule has 2 aromatic rings. The summed E-state index contributed by atoms with van der Waals surface area (Å²) in [5, 5.41) is 11.1. The Kier molecular flexibility index (Phi) is 5.14. The van der Waals surface area contributed by atoms with Crippen molar-refractivity contribution < 1.29 is 19.2 Å². The van der Waals surface area contributed by atoms with Crippen molar-refractivity contribution in [2.45, 2.75) is 6.54 Å². The number of nitrogens with zero attached hydrogens (tertiary/aromatic N) is 2. The van der Waals surface area contributed by atoms with Crippen molar-refractivity contribution in [3.05, 3.63) is 64.2 Å². The quantitative estimate of drug-likeness (QED) is 0.625. The van der Waals surface area contributed by atoms with Crippen molar-refractivity contribution in [2.24, 2.45) is 0 Å². The van der Waals surface area contributed by atoms with E-state index in [1.807, 2.05) is 0 Å². The lowest BCUT2D eigenvalue weighted by molar-refractivity contribution is -0.385. The molecule has 0 N–H and O–H groups in total. The summed E-state index contributed by atoms with van der Waals surface area (Å²) in [6.07, 6.45) is -0.614. The highest BCUT2D eigenvalue weighted by atomic mass is 16.6. The lowest BCUT2D eigenvalue weighted by Gasteiger charge is -2.18. The summed E-state index contributed by atoms with van der Waals surface area (Å²) in [5.74, 6) is 0.748. The van der Waals surface area contributed by atoms with Gasteiger partial charge in [-0.25, -0.2) is 4.79 Å². The van der Waals surface area contributed by atoms with Crippen LogP contribution in [0.1, 0.15) is 5.56 Å². The first kappa shape index (κ1) is 16.3. The van der Waals surface area contributed by atoms with E-state index in [9.17, 15) is 14.9 Å². The molecule has 0 unspecified atom stereocenters. The third kappa shape index (κ3) is 3.97. The highest BCUT2D eigenvalue weighted by Crippen LogP contribution is 2.29. The normalized spacial score (nSPS) is 10.0. The Morgan fingerprint density at radius 3 is 2.48 bits per heavy atom. The van der Waals surface area contributed by atoms with Gasteiger partial charge in [0, 0.05) is 13.1 Å². The fourth-order valence-electron chi connectivity index (χ4n) is 2.04. The summed E-state index contributed by atoms with van der Waals surface area (Å²) in [6, 6.07) is 13.1. The van der Waals surface area contributed by atoms with E-state index in [2.05, 4.69) is 0 Å². The smallest absolute Gasteiger partial charge is 0.415 e. The van der Waals surface area contributed by atoms with Gasteiger partial charge in [0.1, 0.15) is 11.5 Å². The number of rotatable bonds is 5. The summed E-state index contributed by atoms with van der Waals surface area (Å²) in [7, 11) is 2.92. The molecule has 0 heterocycles. The van der Waals surface area contributed by atoms with Crippen molar-refractivity contribution in [1.29, 1.82) is 0 Å². The number of amides is 1. The van der Waals surface area contributed by atoms with Gasteiger partial charge in [0.15, 0.2) is 0 Å². The molecule has 0 aromatic heterocycles. The number of hydrogen-bond donors (Lipinski definition) is 0. The number of hydrogen-bond acceptors (Lipinski definition) is 5. The molecular weight excluding hydrogens is 300 g/mol. The maximum atomic E-state index is 12.1. The number of nitro groups is 1. The van der Waals surface area contributed by atoms with Gasteiger partial charge in [-0.15, -0.1) is 0 Å². The van der Waals surface area contributed by atoms with Gasteiger partial charge >= 0.3 is 6.09 Å². The van der Waals surface area contributed by atoms with Gasteiger partial charge in [0.05, 0.1) is 24.1 Å². The van der Waals surface area contributed by atoms with Gasteiger partial charge in [0.2, 0.25) is 0 Å². The maximum absolute atomic E-state index is 12.1. The number of carbonyl (C=O) groups excluding carboxylic acids is 1. The van der Waals surface area contributed by atoms with Gasteiger partial charge in [0.25, 0.3) is 5.69 Å². The average molecular weight is 316 g/mol. The van der Waals surface area contributed by atoms with Gasteiger partial charge in [-0.1, -0.05) is 24.3 Å². The SMILES string of the molecule is COc1cccc([N+](=O)[O-])c1CN(C)C(=O)Oc1ccccc1. The highest BCUT2D eigenvalue weighted by Gasteiger charge is 2.22. The molecule has 0 bridgehead atoms. The van der Waals surface area contributed by atoms with E-state index in [1.165, 1.54) is 31.2 Å². The van der Waals surface area contributed by atoms with Crippen LogP contribution in [-0.4, -0.2) is 30.1 Å². The standard InChI is InChI=1S/C16H16N2O5/c1-17(16(19)23-12-7-4-3-5-8-12)11-13-14(18(20)21)9-6-10-15(13)22-2/h3-10H,11H2,1-2H3. The van der Waals surface area contributed by atoms with Crippen LogP contribution in [0.5, 0.6) is 11.5 Å². The zero-order valence-electron chi connectivity index (χ0n) is 12.8. The van der Waals surface area contributed by atoms with Crippen LogP contribution >= 0.6 is 0 Å². The zero-order chi connectivity index (χ0) is 16.8. The van der Waals surface area contributed by atoms with Crippen LogP contribution in [0, 0.1) is 10.1 Å². The van der Waals surface area contributed by atoms with Crippen molar-refractivity contribution >= 4 is 11.8 Å². The number of nitro benzene ring substituents is 1. The first-order valence-corrected chi connectivity index (χ1v) is 6.81. The second kappa shape index (κ2) is 7.26. The molecule has 2 aromatic carbocycles. The summed E-state index contributed by atoms with van der Waals surface area (Å²) in [4.78, 5) is 24.0. The highest BCUT2D eigenvalue weighted by molar-refractivity contribution is 5.70. The van der Waals surface area contributed by atoms with E-state index in [1.54, 1.807) is 36.4 Å². The van der Waals surface area contributed by atoms with Crippen molar-refractivity contribution in [2.75, 3.05) is 14.2 Å². The van der Waals surface area contributed by atoms with Crippen LogP contribution in [0.2, 0.25) is 0 Å². The first-order valence-electron chi connectivity index (χ1n) is 6.81. The Morgan fingerprint density at radius 1 is 1.17 bits per heavy atom. The Bertz CT molecular complexity index is 703. The third-order valence-electron chi connectivity index (χ3n) is 3.18. The van der Waals surface area contributed by atoms with E-state index in [4.69, 9.17) is 9.47 Å². The molecule has 2 rings (SSSR count). The van der Waals surface area contributed by atoms with E-state index in [0.717, 1.165) is 0 Å². The summed E-state index contributed by atoms with van der Waals surface area (Å²) >= 11 is 0. The predicted molar refractivity (Wildman–Crippen MR) is 83.6 cm³/mol. The maximum Gasteiger partial charge on any atom is 0.415 e. The van der Waals surface area contributed by atoms with E-state index in [0.29, 0.717) is 17.1 Å². The average Bonchev–Trinajstić information content (AvgIpc) is 2.55. The second-order valence-electron chi connectivity index (χ2n) is 4.75. The fourth-order valence-corrected chi connectivity index (χ4v) is 2.04. The summed E-state index contributed by atoms with van der Waals surface area (Å²) in [5.41, 5.74) is 0.205. The monoisotopic (exact) mass is 316 g/mol. The number of benzene rings is 2. The number of para-hydroxylation sites is 1. The van der Waals surface area contributed by atoms with E-state index in [-0.39, 0.29) is 12.2 Å². The Hall–Kier alpha value is -3.09. The Labute approximate surface area is 133 Å². The van der Waals surface area contributed by atoms with Crippen LogP contribution < -0.4 is 9.47 Å². The minimum Gasteiger partial charge on any atom is -0.496 e. The van der Waals surface area contributed by atoms with Gasteiger partial charge in [-0.3, -0.25) is 10.1 Å². The molecule has 0 aliphatic carbocycles. The topological polar surface area (TPSA) is 81.9 Å². The van der Waals surface area contributed by atoms with Crippen LogP contribution in [0.25, 0.3) is 0 Å². The van der Waals surface area contributed by atoms with Crippen LogP contribution in [0.4, 0.5) is 10.5 Å². The number of methoxy groups -OCH3 is 1. The Balaban J connectivity index is 2.18. The molecule has 0 aliphatic heterocycles. The van der Waals surface area contributed by atoms with E-state index < -0.39 is 11.0 Å². The van der Waals surface area contributed by atoms with Gasteiger partial charge < -0.3 is 14.4 Å². The lowest BCUT2D eigenvalue weighted by atomic mass is 10.1. The molecule has 0 radical (unpaired) electrons. The molecule has 120 valence electrons. The molecule has 7 heteroatoms. The lowest BCUT2D eigenvalue weighted by Crippen LogP contribution is -2.29. The summed E-state index contributed by atoms with van der Waals surface area (Å²) < 4.78 is 10.4. The molecule has 0 fully saturated rings. The molecule has 0 aliphatic rings. The third-order valence-corrected chi connectivity index (χ3v) is 3.18. The number of carbonyl (C=O) groups is 1. The molecule has 7 nitrogen and oxygen atoms in total. The van der Waals surface area contributed by atoms with Gasteiger partial charge in [-0.2, -0.15) is 0 Å². The number of ether oxygens (including phenoxy) is 2. The van der Waals surface area contributed by atoms with Crippen LogP contribution in [0.3, 0.4) is 0 Å². The van der Waals surface area contributed by atoms with Crippen molar-refractivity contribution in [1.82, 2.24) is 4.90 Å².